The van der Waals surface area contributed by atoms with Crippen LogP contribution in [0.2, 0.25) is 0 Å². The highest BCUT2D eigenvalue weighted by Gasteiger charge is 2.17. The molecular formula is C51H91NO3. The average molecular weight is 766 g/mol. The summed E-state index contributed by atoms with van der Waals surface area (Å²) in [6.07, 6.45) is 66.4. The minimum absolute atomic E-state index is 0.0695. The molecule has 0 bridgehead atoms. The number of carbonyl (C=O) groups is 1. The Kier molecular flexibility index (Phi) is 44.4. The molecule has 3 N–H and O–H groups in total. The molecule has 0 aromatic heterocycles. The third-order valence-corrected chi connectivity index (χ3v) is 10.4. The van der Waals surface area contributed by atoms with Crippen molar-refractivity contribution in [3.63, 3.8) is 0 Å². The molecule has 0 aliphatic carbocycles. The van der Waals surface area contributed by atoms with E-state index >= 15 is 0 Å². The Morgan fingerprint density at radius 3 is 1.20 bits per heavy atom. The van der Waals surface area contributed by atoms with Crippen LogP contribution >= 0.6 is 0 Å². The van der Waals surface area contributed by atoms with Crippen LogP contribution in [0.1, 0.15) is 226 Å². The topological polar surface area (TPSA) is 69.6 Å². The van der Waals surface area contributed by atoms with Crippen LogP contribution in [0.4, 0.5) is 0 Å². The summed E-state index contributed by atoms with van der Waals surface area (Å²) in [7, 11) is 0. The van der Waals surface area contributed by atoms with E-state index in [1.165, 1.54) is 148 Å². The molecule has 318 valence electrons. The number of aliphatic hydroxyl groups excluding tert-OH is 2. The molecule has 4 nitrogen and oxygen atoms in total. The van der Waals surface area contributed by atoms with Crippen molar-refractivity contribution in [2.45, 2.75) is 238 Å². The van der Waals surface area contributed by atoms with Crippen LogP contribution in [0.15, 0.2) is 72.9 Å². The first-order valence-electron chi connectivity index (χ1n) is 23.7. The molecule has 0 aromatic carbocycles. The standard InChI is InChI=1S/C51H91NO3/c1-3-5-7-9-11-12-13-14-15-16-17-18-19-20-21-22-23-24-25-26-27-28-29-30-31-32-33-34-35-36-37-38-39-40-41-43-45-47-51(55)52-49(48-53)50(54)46-44-42-10-8-6-4-2/h5,7,11-12,14-15,17-18,20-21,44,46,49-50,53-54H,3-4,6,8-10,13,16,19,22-43,45,47-48H2,1-2H3,(H,52,55)/b7-5-,12-11-,15-14-,18-17-,21-20-,46-44+. The van der Waals surface area contributed by atoms with Gasteiger partial charge in [-0.1, -0.05) is 228 Å². The van der Waals surface area contributed by atoms with Crippen LogP contribution in [-0.4, -0.2) is 34.9 Å². The van der Waals surface area contributed by atoms with Crippen LogP contribution in [0, 0.1) is 0 Å². The molecule has 4 heteroatoms. The van der Waals surface area contributed by atoms with Crippen LogP contribution in [0.25, 0.3) is 0 Å². The summed E-state index contributed by atoms with van der Waals surface area (Å²) in [5.41, 5.74) is 0. The van der Waals surface area contributed by atoms with Gasteiger partial charge >= 0.3 is 0 Å². The Morgan fingerprint density at radius 2 is 0.800 bits per heavy atom. The van der Waals surface area contributed by atoms with E-state index in [9.17, 15) is 15.0 Å². The maximum atomic E-state index is 12.3. The van der Waals surface area contributed by atoms with Crippen molar-refractivity contribution in [2.24, 2.45) is 0 Å². The van der Waals surface area contributed by atoms with Gasteiger partial charge in [0.15, 0.2) is 0 Å². The van der Waals surface area contributed by atoms with Gasteiger partial charge in [-0.25, -0.2) is 0 Å². The number of rotatable bonds is 42. The van der Waals surface area contributed by atoms with Gasteiger partial charge in [-0.05, 0) is 64.2 Å². The highest BCUT2D eigenvalue weighted by molar-refractivity contribution is 5.76. The van der Waals surface area contributed by atoms with E-state index in [0.717, 1.165) is 57.8 Å². The fraction of sp³-hybridized carbons (Fsp3) is 0.745. The normalized spacial score (nSPS) is 13.6. The Morgan fingerprint density at radius 1 is 0.455 bits per heavy atom. The van der Waals surface area contributed by atoms with E-state index in [1.54, 1.807) is 6.08 Å². The molecule has 1 amide bonds. The van der Waals surface area contributed by atoms with Crippen molar-refractivity contribution in [3.8, 4) is 0 Å². The number of carbonyl (C=O) groups excluding carboxylic acids is 1. The average Bonchev–Trinajstić information content (AvgIpc) is 3.19. The summed E-state index contributed by atoms with van der Waals surface area (Å²) in [6.45, 7) is 4.12. The van der Waals surface area contributed by atoms with Gasteiger partial charge in [-0.3, -0.25) is 4.79 Å². The molecule has 0 saturated heterocycles. The van der Waals surface area contributed by atoms with Crippen molar-refractivity contribution in [1.29, 1.82) is 0 Å². The second-order valence-electron chi connectivity index (χ2n) is 15.8. The summed E-state index contributed by atoms with van der Waals surface area (Å²) in [5, 5.41) is 22.7. The van der Waals surface area contributed by atoms with E-state index < -0.39 is 12.1 Å². The number of hydrogen-bond acceptors (Lipinski definition) is 3. The number of hydrogen-bond donors (Lipinski definition) is 3. The number of amides is 1. The molecule has 0 heterocycles. The Balaban J connectivity index is 3.39. The van der Waals surface area contributed by atoms with E-state index in [1.807, 2.05) is 6.08 Å². The van der Waals surface area contributed by atoms with Gasteiger partial charge in [-0.15, -0.1) is 0 Å². The summed E-state index contributed by atoms with van der Waals surface area (Å²) in [5.74, 6) is -0.0695. The van der Waals surface area contributed by atoms with Crippen LogP contribution in [0.5, 0.6) is 0 Å². The number of allylic oxidation sites excluding steroid dienone is 11. The van der Waals surface area contributed by atoms with Gasteiger partial charge in [0.25, 0.3) is 0 Å². The first kappa shape index (κ1) is 52.8. The van der Waals surface area contributed by atoms with Gasteiger partial charge in [-0.2, -0.15) is 0 Å². The molecule has 0 rings (SSSR count). The zero-order valence-electron chi connectivity index (χ0n) is 36.4. The van der Waals surface area contributed by atoms with E-state index in [-0.39, 0.29) is 12.5 Å². The Hall–Kier alpha value is -2.17. The fourth-order valence-corrected chi connectivity index (χ4v) is 6.85. The third-order valence-electron chi connectivity index (χ3n) is 10.4. The summed E-state index contributed by atoms with van der Waals surface area (Å²) in [4.78, 5) is 12.3. The van der Waals surface area contributed by atoms with Gasteiger partial charge in [0.2, 0.25) is 5.91 Å². The molecule has 0 aliphatic heterocycles. The molecule has 2 atom stereocenters. The highest BCUT2D eigenvalue weighted by atomic mass is 16.3. The van der Waals surface area contributed by atoms with Gasteiger partial charge in [0.05, 0.1) is 18.8 Å². The largest absolute Gasteiger partial charge is 0.394 e. The van der Waals surface area contributed by atoms with Crippen molar-refractivity contribution < 1.29 is 15.0 Å². The lowest BCUT2D eigenvalue weighted by atomic mass is 10.0. The quantitative estimate of drug-likeness (QED) is 0.0428. The summed E-state index contributed by atoms with van der Waals surface area (Å²) < 4.78 is 0. The predicted molar refractivity (Wildman–Crippen MR) is 244 cm³/mol. The summed E-state index contributed by atoms with van der Waals surface area (Å²) >= 11 is 0. The van der Waals surface area contributed by atoms with Gasteiger partial charge in [0, 0.05) is 6.42 Å². The lowest BCUT2D eigenvalue weighted by Crippen LogP contribution is -2.45. The Labute approximate surface area is 342 Å². The lowest BCUT2D eigenvalue weighted by molar-refractivity contribution is -0.123. The van der Waals surface area contributed by atoms with Gasteiger partial charge in [0.1, 0.15) is 0 Å². The molecule has 0 spiro atoms. The first-order valence-corrected chi connectivity index (χ1v) is 23.7. The van der Waals surface area contributed by atoms with Crippen LogP contribution in [-0.2, 0) is 4.79 Å². The van der Waals surface area contributed by atoms with E-state index in [4.69, 9.17) is 0 Å². The SMILES string of the molecule is CC/C=C\C/C=C\C/C=C\C/C=C\C/C=C\CCCCCCCCCCCCCCCCCCCCCCCC(=O)NC(CO)C(O)/C=C/CCCCCC. The zero-order valence-corrected chi connectivity index (χ0v) is 36.4. The van der Waals surface area contributed by atoms with E-state index in [2.05, 4.69) is 79.9 Å². The van der Waals surface area contributed by atoms with Crippen molar-refractivity contribution in [1.82, 2.24) is 5.32 Å². The second-order valence-corrected chi connectivity index (χ2v) is 15.8. The molecule has 2 unspecified atom stereocenters. The number of aliphatic hydroxyl groups is 2. The molecule has 0 saturated carbocycles. The number of unbranched alkanes of at least 4 members (excludes halogenated alkanes) is 25. The molecular weight excluding hydrogens is 675 g/mol. The first-order chi connectivity index (χ1) is 27.2. The molecule has 0 aromatic rings. The summed E-state index contributed by atoms with van der Waals surface area (Å²) in [6, 6.07) is -0.618. The third kappa shape index (κ3) is 42.8. The molecule has 0 aliphatic rings. The van der Waals surface area contributed by atoms with Crippen molar-refractivity contribution in [3.05, 3.63) is 72.9 Å². The smallest absolute Gasteiger partial charge is 0.220 e. The van der Waals surface area contributed by atoms with Crippen LogP contribution < -0.4 is 5.32 Å². The minimum Gasteiger partial charge on any atom is -0.394 e. The van der Waals surface area contributed by atoms with Crippen LogP contribution in [0.3, 0.4) is 0 Å². The molecule has 0 fully saturated rings. The molecule has 0 radical (unpaired) electrons. The Bertz CT molecular complexity index is 961. The highest BCUT2D eigenvalue weighted by Crippen LogP contribution is 2.16. The zero-order chi connectivity index (χ0) is 40.0. The maximum Gasteiger partial charge on any atom is 0.220 e. The van der Waals surface area contributed by atoms with Crippen molar-refractivity contribution >= 4 is 5.91 Å². The number of nitrogens with one attached hydrogen (secondary N) is 1. The van der Waals surface area contributed by atoms with Crippen molar-refractivity contribution in [2.75, 3.05) is 6.61 Å². The minimum atomic E-state index is -0.835. The molecule has 55 heavy (non-hydrogen) atoms. The van der Waals surface area contributed by atoms with Gasteiger partial charge < -0.3 is 15.5 Å². The monoisotopic (exact) mass is 766 g/mol. The predicted octanol–water partition coefficient (Wildman–Crippen LogP) is 15.1. The lowest BCUT2D eigenvalue weighted by Gasteiger charge is -2.20. The van der Waals surface area contributed by atoms with E-state index in [0.29, 0.717) is 6.42 Å². The second kappa shape index (κ2) is 46.2. The maximum absolute atomic E-state index is 12.3. The fourth-order valence-electron chi connectivity index (χ4n) is 6.85.